The summed E-state index contributed by atoms with van der Waals surface area (Å²) in [5, 5.41) is 10.4. The zero-order valence-electron chi connectivity index (χ0n) is 3.27. The Bertz CT molecular complexity index is 73.2. The van der Waals surface area contributed by atoms with Crippen molar-refractivity contribution in [1.29, 1.82) is 0 Å². The maximum Gasteiger partial charge on any atom is 0.0998 e. The SMILES string of the molecule is [O-][NH+]1C=CPC1. The van der Waals surface area contributed by atoms with E-state index in [-0.39, 0.29) is 5.06 Å². The van der Waals surface area contributed by atoms with Crippen molar-refractivity contribution in [3.8, 4) is 0 Å². The molecule has 0 bridgehead atoms. The van der Waals surface area contributed by atoms with Crippen LogP contribution in [0.25, 0.3) is 0 Å². The fourth-order valence-electron chi connectivity index (χ4n) is 0.370. The molecule has 0 aromatic rings. The van der Waals surface area contributed by atoms with Gasteiger partial charge in [0.2, 0.25) is 0 Å². The van der Waals surface area contributed by atoms with Gasteiger partial charge in [-0.1, -0.05) is 0 Å². The van der Waals surface area contributed by atoms with E-state index in [0.717, 1.165) is 14.9 Å². The fraction of sp³-hybridized carbons (Fsp3) is 0.333. The van der Waals surface area contributed by atoms with E-state index in [0.29, 0.717) is 0 Å². The zero-order chi connectivity index (χ0) is 4.41. The van der Waals surface area contributed by atoms with Crippen LogP contribution in [0, 0.1) is 5.21 Å². The molecule has 3 heteroatoms. The van der Waals surface area contributed by atoms with Crippen LogP contribution in [0.15, 0.2) is 12.0 Å². The van der Waals surface area contributed by atoms with Crippen molar-refractivity contribution in [2.75, 3.05) is 6.29 Å². The highest BCUT2D eigenvalue weighted by molar-refractivity contribution is 7.41. The fourth-order valence-corrected chi connectivity index (χ4v) is 1.11. The van der Waals surface area contributed by atoms with E-state index < -0.39 is 0 Å². The number of rotatable bonds is 0. The molecule has 2 atom stereocenters. The summed E-state index contributed by atoms with van der Waals surface area (Å²) < 4.78 is 0. The summed E-state index contributed by atoms with van der Waals surface area (Å²) >= 11 is 0. The molecule has 1 rings (SSSR count). The van der Waals surface area contributed by atoms with Crippen LogP contribution in [0.4, 0.5) is 0 Å². The smallest absolute Gasteiger partial charge is 0.0998 e. The molecule has 0 aromatic heterocycles. The van der Waals surface area contributed by atoms with Gasteiger partial charge in [-0.2, -0.15) is 0 Å². The average molecular weight is 103 g/mol. The highest BCUT2D eigenvalue weighted by atomic mass is 31.1. The highest BCUT2D eigenvalue weighted by Gasteiger charge is 1.94. The van der Waals surface area contributed by atoms with E-state index >= 15 is 0 Å². The molecule has 0 spiro atoms. The Hall–Kier alpha value is 0.0900. The maximum atomic E-state index is 10.2. The van der Waals surface area contributed by atoms with E-state index in [1.165, 1.54) is 0 Å². The van der Waals surface area contributed by atoms with Crippen molar-refractivity contribution >= 4 is 8.58 Å². The van der Waals surface area contributed by atoms with E-state index in [1.54, 1.807) is 6.20 Å². The molecule has 34 valence electrons. The molecule has 6 heavy (non-hydrogen) atoms. The third-order valence-electron chi connectivity index (χ3n) is 0.663. The van der Waals surface area contributed by atoms with Crippen LogP contribution in [0.2, 0.25) is 0 Å². The molecule has 0 radical (unpaired) electrons. The minimum absolute atomic E-state index is 0.285. The van der Waals surface area contributed by atoms with Crippen molar-refractivity contribution in [3.63, 3.8) is 0 Å². The van der Waals surface area contributed by atoms with Crippen LogP contribution in [-0.2, 0) is 0 Å². The first-order valence-corrected chi connectivity index (χ1v) is 3.11. The minimum atomic E-state index is 0.285. The molecule has 1 aliphatic heterocycles. The summed E-state index contributed by atoms with van der Waals surface area (Å²) in [5.41, 5.74) is 0. The largest absolute Gasteiger partial charge is 0.629 e. The second kappa shape index (κ2) is 1.69. The lowest BCUT2D eigenvalue weighted by atomic mass is 11.0. The Labute approximate surface area is 38.2 Å². The van der Waals surface area contributed by atoms with Crippen molar-refractivity contribution in [2.24, 2.45) is 0 Å². The Morgan fingerprint density at radius 3 is 2.83 bits per heavy atom. The standard InChI is InChI=1S/C3H6NOP/c5-4-1-2-6-3-4/h1-2,4,6H,3H2. The maximum absolute atomic E-state index is 10.2. The van der Waals surface area contributed by atoms with Crippen molar-refractivity contribution in [1.82, 2.24) is 0 Å². The molecule has 0 fully saturated rings. The van der Waals surface area contributed by atoms with Crippen LogP contribution < -0.4 is 5.06 Å². The third-order valence-corrected chi connectivity index (χ3v) is 1.62. The van der Waals surface area contributed by atoms with Gasteiger partial charge in [0.15, 0.2) is 0 Å². The predicted octanol–water partition coefficient (Wildman–Crippen LogP) is -0.510. The summed E-state index contributed by atoms with van der Waals surface area (Å²) in [4.78, 5) is 0. The van der Waals surface area contributed by atoms with Gasteiger partial charge in [-0.15, -0.1) is 0 Å². The van der Waals surface area contributed by atoms with E-state index in [9.17, 15) is 5.21 Å². The molecule has 0 amide bonds. The van der Waals surface area contributed by atoms with E-state index in [2.05, 4.69) is 0 Å². The zero-order valence-corrected chi connectivity index (χ0v) is 4.27. The van der Waals surface area contributed by atoms with Crippen molar-refractivity contribution in [3.05, 3.63) is 17.2 Å². The van der Waals surface area contributed by atoms with Crippen molar-refractivity contribution in [2.45, 2.75) is 0 Å². The van der Waals surface area contributed by atoms with Gasteiger partial charge in [-0.3, -0.25) is 0 Å². The van der Waals surface area contributed by atoms with Gasteiger partial charge >= 0.3 is 0 Å². The molecule has 1 heterocycles. The first-order valence-electron chi connectivity index (χ1n) is 1.82. The van der Waals surface area contributed by atoms with Crippen LogP contribution in [0.5, 0.6) is 0 Å². The van der Waals surface area contributed by atoms with Gasteiger partial charge in [0, 0.05) is 0 Å². The van der Waals surface area contributed by atoms with Crippen LogP contribution >= 0.6 is 8.58 Å². The Balaban J connectivity index is 2.38. The monoisotopic (exact) mass is 103 g/mol. The molecule has 2 unspecified atom stereocenters. The first kappa shape index (κ1) is 4.25. The Kier molecular flexibility index (Phi) is 1.20. The predicted molar refractivity (Wildman–Crippen MR) is 26.7 cm³/mol. The molecule has 0 saturated carbocycles. The van der Waals surface area contributed by atoms with Gasteiger partial charge in [0.1, 0.15) is 0 Å². The highest BCUT2D eigenvalue weighted by Crippen LogP contribution is 2.08. The van der Waals surface area contributed by atoms with Crippen LogP contribution in [-0.4, -0.2) is 6.29 Å². The first-order chi connectivity index (χ1) is 2.89. The topological polar surface area (TPSA) is 27.5 Å². The molecule has 0 aliphatic carbocycles. The number of hydroxylamine groups is 2. The molecule has 0 aromatic carbocycles. The summed E-state index contributed by atoms with van der Waals surface area (Å²) in [6.45, 7) is 0. The summed E-state index contributed by atoms with van der Waals surface area (Å²) in [6.07, 6.45) is 2.42. The molecule has 0 saturated heterocycles. The van der Waals surface area contributed by atoms with Gasteiger partial charge < -0.3 is 10.3 Å². The van der Waals surface area contributed by atoms with Crippen LogP contribution in [0.3, 0.4) is 0 Å². The van der Waals surface area contributed by atoms with Crippen LogP contribution in [0.1, 0.15) is 0 Å². The molecular weight excluding hydrogens is 97.0 g/mol. The van der Waals surface area contributed by atoms with E-state index in [4.69, 9.17) is 0 Å². The van der Waals surface area contributed by atoms with Gasteiger partial charge in [-0.05, 0) is 14.4 Å². The third kappa shape index (κ3) is 0.777. The summed E-state index contributed by atoms with van der Waals surface area (Å²) in [7, 11) is 0.759. The van der Waals surface area contributed by atoms with Gasteiger partial charge in [0.25, 0.3) is 0 Å². The lowest BCUT2D eigenvalue weighted by Crippen LogP contribution is -3.00. The van der Waals surface area contributed by atoms with Gasteiger partial charge in [-0.25, -0.2) is 0 Å². The Morgan fingerprint density at radius 1 is 1.83 bits per heavy atom. The van der Waals surface area contributed by atoms with E-state index in [1.807, 2.05) is 5.82 Å². The Morgan fingerprint density at radius 2 is 2.67 bits per heavy atom. The molecule has 2 nitrogen and oxygen atoms in total. The summed E-state index contributed by atoms with van der Waals surface area (Å²) in [5.74, 6) is 1.93. The van der Waals surface area contributed by atoms with Gasteiger partial charge in [0.05, 0.1) is 12.5 Å². The lowest BCUT2D eigenvalue weighted by molar-refractivity contribution is -0.773. The second-order valence-corrected chi connectivity index (χ2v) is 2.28. The minimum Gasteiger partial charge on any atom is -0.629 e. The number of nitrogens with one attached hydrogen (secondary N) is 1. The average Bonchev–Trinajstić information content (AvgIpc) is 1.86. The second-order valence-electron chi connectivity index (χ2n) is 1.18. The lowest BCUT2D eigenvalue weighted by Gasteiger charge is -2.08. The number of hydrogen-bond acceptors (Lipinski definition) is 1. The normalized spacial score (nSPS) is 35.8. The molecular formula is C3H6NOP. The molecule has 1 N–H and O–H groups in total. The number of hydrogen-bond donors (Lipinski definition) is 1. The molecule has 1 aliphatic rings. The summed E-state index contributed by atoms with van der Waals surface area (Å²) in [6, 6.07) is 0. The number of quaternary nitrogens is 1. The quantitative estimate of drug-likeness (QED) is 0.324. The van der Waals surface area contributed by atoms with Crippen molar-refractivity contribution < 1.29 is 5.06 Å².